The first-order valence-corrected chi connectivity index (χ1v) is 9.88. The van der Waals surface area contributed by atoms with E-state index in [0.717, 1.165) is 62.3 Å². The van der Waals surface area contributed by atoms with Gasteiger partial charge >= 0.3 is 0 Å². The summed E-state index contributed by atoms with van der Waals surface area (Å²) in [6.07, 6.45) is 8.65. The predicted molar refractivity (Wildman–Crippen MR) is 101 cm³/mol. The van der Waals surface area contributed by atoms with Gasteiger partial charge in [-0.15, -0.1) is 0 Å². The van der Waals surface area contributed by atoms with Crippen LogP contribution >= 0.6 is 0 Å². The smallest absolute Gasteiger partial charge is 0.223 e. The third kappa shape index (κ3) is 3.40. The molecule has 1 amide bonds. The van der Waals surface area contributed by atoms with Crippen LogP contribution in [0.5, 0.6) is 0 Å². The van der Waals surface area contributed by atoms with Crippen LogP contribution in [0.15, 0.2) is 17.0 Å². The summed E-state index contributed by atoms with van der Waals surface area (Å²) in [5.74, 6) is 1.10. The Morgan fingerprint density at radius 1 is 1.19 bits per heavy atom. The lowest BCUT2D eigenvalue weighted by molar-refractivity contribution is -0.132. The van der Waals surface area contributed by atoms with Crippen LogP contribution in [0.2, 0.25) is 0 Å². The predicted octanol–water partition coefficient (Wildman–Crippen LogP) is 2.57. The lowest BCUT2D eigenvalue weighted by Gasteiger charge is -2.38. The summed E-state index contributed by atoms with van der Waals surface area (Å²) in [4.78, 5) is 21.6. The summed E-state index contributed by atoms with van der Waals surface area (Å²) in [6.45, 7) is 7.52. The third-order valence-electron chi connectivity index (χ3n) is 6.49. The molecule has 1 unspecified atom stereocenters. The molecule has 0 bridgehead atoms. The van der Waals surface area contributed by atoms with Crippen molar-refractivity contribution in [1.82, 2.24) is 24.5 Å². The van der Waals surface area contributed by atoms with Crippen molar-refractivity contribution in [1.29, 1.82) is 0 Å². The maximum absolute atomic E-state index is 12.7. The second-order valence-electron chi connectivity index (χ2n) is 8.13. The minimum atomic E-state index is -0.0194. The molecule has 0 aliphatic carbocycles. The zero-order chi connectivity index (χ0) is 19.0. The first-order valence-electron chi connectivity index (χ1n) is 9.88. The molecule has 2 aromatic heterocycles. The van der Waals surface area contributed by atoms with E-state index < -0.39 is 0 Å². The van der Waals surface area contributed by atoms with Gasteiger partial charge in [0.2, 0.25) is 5.91 Å². The van der Waals surface area contributed by atoms with Crippen molar-refractivity contribution in [2.24, 2.45) is 7.05 Å². The average molecular weight is 371 g/mol. The maximum Gasteiger partial charge on any atom is 0.223 e. The Balaban J connectivity index is 1.49. The number of aryl methyl sites for hydroxylation is 3. The van der Waals surface area contributed by atoms with Gasteiger partial charge in [-0.3, -0.25) is 9.69 Å². The molecule has 2 saturated heterocycles. The Labute approximate surface area is 160 Å². The quantitative estimate of drug-likeness (QED) is 0.826. The molecule has 2 aliphatic rings. The zero-order valence-electron chi connectivity index (χ0n) is 16.6. The Hall–Kier alpha value is -2.15. The second-order valence-corrected chi connectivity index (χ2v) is 8.13. The van der Waals surface area contributed by atoms with E-state index in [0.29, 0.717) is 13.0 Å². The Morgan fingerprint density at radius 2 is 2.04 bits per heavy atom. The van der Waals surface area contributed by atoms with E-state index in [1.807, 2.05) is 33.4 Å². The molecule has 4 rings (SSSR count). The molecule has 1 spiro atoms. The van der Waals surface area contributed by atoms with Crippen LogP contribution in [-0.4, -0.2) is 49.0 Å². The zero-order valence-corrected chi connectivity index (χ0v) is 16.6. The molecule has 0 radical (unpaired) electrons. The molecule has 1 atom stereocenters. The molecule has 146 valence electrons. The van der Waals surface area contributed by atoms with Crippen LogP contribution in [0.3, 0.4) is 0 Å². The minimum Gasteiger partial charge on any atom is -0.361 e. The number of rotatable bonds is 4. The van der Waals surface area contributed by atoms with Crippen LogP contribution in [0, 0.1) is 13.8 Å². The lowest BCUT2D eigenvalue weighted by Crippen LogP contribution is -2.46. The summed E-state index contributed by atoms with van der Waals surface area (Å²) < 4.78 is 7.41. The third-order valence-corrected chi connectivity index (χ3v) is 6.49. The van der Waals surface area contributed by atoms with Crippen molar-refractivity contribution in [3.05, 3.63) is 35.2 Å². The number of carbonyl (C=O) groups excluding carboxylic acids is 1. The Kier molecular flexibility index (Phi) is 4.80. The molecule has 0 N–H and O–H groups in total. The molecular weight excluding hydrogens is 342 g/mol. The van der Waals surface area contributed by atoms with E-state index in [9.17, 15) is 4.79 Å². The molecule has 2 aliphatic heterocycles. The molecule has 2 fully saturated rings. The highest BCUT2D eigenvalue weighted by atomic mass is 16.5. The minimum absolute atomic E-state index is 0.0194. The first-order chi connectivity index (χ1) is 13.0. The van der Waals surface area contributed by atoms with Gasteiger partial charge in [-0.1, -0.05) is 5.16 Å². The highest BCUT2D eigenvalue weighted by molar-refractivity contribution is 5.79. The summed E-state index contributed by atoms with van der Waals surface area (Å²) in [7, 11) is 2.04. The van der Waals surface area contributed by atoms with Crippen LogP contribution in [0.25, 0.3) is 0 Å². The number of aromatic nitrogens is 3. The fraction of sp³-hybridized carbons (Fsp3) is 0.650. The summed E-state index contributed by atoms with van der Waals surface area (Å²) >= 11 is 0. The monoisotopic (exact) mass is 371 g/mol. The highest BCUT2D eigenvalue weighted by Crippen LogP contribution is 2.40. The standard InChI is InChI=1S/C20H29N5O2/c1-15-18(16(2)27-22-15)13-25-19(26)5-7-20(25)6-4-9-24(10-8-20)12-17-11-21-14-23(17)3/h11,14H,4-10,12-13H2,1-3H3. The number of hydrogen-bond donors (Lipinski definition) is 0. The second kappa shape index (κ2) is 7.11. The van der Waals surface area contributed by atoms with E-state index in [2.05, 4.69) is 24.5 Å². The number of hydrogen-bond acceptors (Lipinski definition) is 5. The highest BCUT2D eigenvalue weighted by Gasteiger charge is 2.46. The van der Waals surface area contributed by atoms with Gasteiger partial charge in [0, 0.05) is 43.9 Å². The summed E-state index contributed by atoms with van der Waals surface area (Å²) in [5.41, 5.74) is 3.18. The number of imidazole rings is 1. The van der Waals surface area contributed by atoms with Crippen LogP contribution in [-0.2, 0) is 24.9 Å². The summed E-state index contributed by atoms with van der Waals surface area (Å²) in [6, 6.07) is 0. The van der Waals surface area contributed by atoms with Crippen molar-refractivity contribution >= 4 is 5.91 Å². The molecule has 7 nitrogen and oxygen atoms in total. The first kappa shape index (κ1) is 18.2. The number of likely N-dealkylation sites (tertiary alicyclic amines) is 2. The normalized spacial score (nSPS) is 24.1. The van der Waals surface area contributed by atoms with Crippen LogP contribution < -0.4 is 0 Å². The van der Waals surface area contributed by atoms with Gasteiger partial charge < -0.3 is 14.0 Å². The molecule has 27 heavy (non-hydrogen) atoms. The van der Waals surface area contributed by atoms with Gasteiger partial charge in [-0.05, 0) is 46.1 Å². The van der Waals surface area contributed by atoms with E-state index in [-0.39, 0.29) is 11.4 Å². The van der Waals surface area contributed by atoms with E-state index >= 15 is 0 Å². The maximum atomic E-state index is 12.7. The number of amides is 1. The molecule has 0 saturated carbocycles. The summed E-state index contributed by atoms with van der Waals surface area (Å²) in [5, 5.41) is 4.07. The van der Waals surface area contributed by atoms with Gasteiger partial charge in [0.05, 0.1) is 24.3 Å². The van der Waals surface area contributed by atoms with Crippen molar-refractivity contribution < 1.29 is 9.32 Å². The molecule has 4 heterocycles. The molecule has 2 aromatic rings. The largest absolute Gasteiger partial charge is 0.361 e. The van der Waals surface area contributed by atoms with Gasteiger partial charge in [0.1, 0.15) is 5.76 Å². The van der Waals surface area contributed by atoms with Gasteiger partial charge in [0.15, 0.2) is 0 Å². The fourth-order valence-corrected chi connectivity index (χ4v) is 4.69. The number of carbonyl (C=O) groups is 1. The van der Waals surface area contributed by atoms with Crippen molar-refractivity contribution in [2.75, 3.05) is 13.1 Å². The molecule has 7 heteroatoms. The van der Waals surface area contributed by atoms with Gasteiger partial charge in [0.25, 0.3) is 0 Å². The molecular formula is C20H29N5O2. The van der Waals surface area contributed by atoms with Crippen LogP contribution in [0.4, 0.5) is 0 Å². The van der Waals surface area contributed by atoms with Gasteiger partial charge in [-0.2, -0.15) is 0 Å². The Morgan fingerprint density at radius 3 is 2.74 bits per heavy atom. The SMILES string of the molecule is Cc1noc(C)c1CN1C(=O)CCC12CCCN(Cc1cncn1C)CC2. The van der Waals surface area contributed by atoms with E-state index in [4.69, 9.17) is 4.52 Å². The average Bonchev–Trinajstić information content (AvgIpc) is 3.22. The van der Waals surface area contributed by atoms with Crippen molar-refractivity contribution in [3.63, 3.8) is 0 Å². The van der Waals surface area contributed by atoms with Crippen molar-refractivity contribution in [3.8, 4) is 0 Å². The fourth-order valence-electron chi connectivity index (χ4n) is 4.69. The van der Waals surface area contributed by atoms with E-state index in [1.165, 1.54) is 5.69 Å². The topological polar surface area (TPSA) is 67.4 Å². The lowest BCUT2D eigenvalue weighted by atomic mass is 9.87. The Bertz CT molecular complexity index is 807. The number of nitrogens with zero attached hydrogens (tertiary/aromatic N) is 5. The molecule has 0 aromatic carbocycles. The van der Waals surface area contributed by atoms with E-state index in [1.54, 1.807) is 0 Å². The van der Waals surface area contributed by atoms with Crippen molar-refractivity contribution in [2.45, 2.75) is 64.6 Å². The van der Waals surface area contributed by atoms with Crippen LogP contribution in [0.1, 0.15) is 54.8 Å². The van der Waals surface area contributed by atoms with Gasteiger partial charge in [-0.25, -0.2) is 4.98 Å².